The first-order valence-electron chi connectivity index (χ1n) is 7.24. The molecule has 0 aromatic heterocycles. The standard InChI is InChI=1S/C17H25N3O/c1-17(2,3)9-10-19-16(21)13-20(4)12-15-7-5-14(11-18)6-8-15/h5-8H,9-10,12-13H2,1-4H3,(H,19,21). The van der Waals surface area contributed by atoms with Gasteiger partial charge in [0.2, 0.25) is 5.91 Å². The molecule has 1 N–H and O–H groups in total. The van der Waals surface area contributed by atoms with E-state index in [-0.39, 0.29) is 11.3 Å². The topological polar surface area (TPSA) is 56.1 Å². The molecule has 4 heteroatoms. The van der Waals surface area contributed by atoms with Crippen LogP contribution in [0.25, 0.3) is 0 Å². The van der Waals surface area contributed by atoms with Crippen molar-refractivity contribution in [1.82, 2.24) is 10.2 Å². The summed E-state index contributed by atoms with van der Waals surface area (Å²) in [5.74, 6) is 0.0513. The molecule has 21 heavy (non-hydrogen) atoms. The molecule has 0 spiro atoms. The smallest absolute Gasteiger partial charge is 0.234 e. The molecule has 0 aliphatic heterocycles. The van der Waals surface area contributed by atoms with Crippen LogP contribution in [-0.2, 0) is 11.3 Å². The first-order valence-corrected chi connectivity index (χ1v) is 7.24. The molecule has 0 saturated heterocycles. The molecule has 0 bridgehead atoms. The average molecular weight is 287 g/mol. The van der Waals surface area contributed by atoms with Crippen molar-refractivity contribution in [2.75, 3.05) is 20.1 Å². The highest BCUT2D eigenvalue weighted by molar-refractivity contribution is 5.77. The lowest BCUT2D eigenvalue weighted by atomic mass is 9.92. The summed E-state index contributed by atoms with van der Waals surface area (Å²) in [6, 6.07) is 9.54. The van der Waals surface area contributed by atoms with Crippen molar-refractivity contribution in [3.63, 3.8) is 0 Å². The fourth-order valence-electron chi connectivity index (χ4n) is 1.93. The number of carbonyl (C=O) groups is 1. The number of nitrogens with one attached hydrogen (secondary N) is 1. The Morgan fingerprint density at radius 1 is 1.29 bits per heavy atom. The molecule has 0 radical (unpaired) electrons. The highest BCUT2D eigenvalue weighted by Crippen LogP contribution is 2.16. The Kier molecular flexibility index (Phi) is 6.39. The molecule has 1 amide bonds. The van der Waals surface area contributed by atoms with Crippen LogP contribution in [0.4, 0.5) is 0 Å². The Hall–Kier alpha value is -1.86. The van der Waals surface area contributed by atoms with Crippen LogP contribution in [0.1, 0.15) is 38.3 Å². The molecular weight excluding hydrogens is 262 g/mol. The third-order valence-electron chi connectivity index (χ3n) is 3.15. The number of nitriles is 1. The molecule has 0 unspecified atom stereocenters. The van der Waals surface area contributed by atoms with Crippen molar-refractivity contribution in [2.45, 2.75) is 33.7 Å². The van der Waals surface area contributed by atoms with E-state index in [1.165, 1.54) is 0 Å². The molecule has 0 aliphatic rings. The van der Waals surface area contributed by atoms with Crippen molar-refractivity contribution >= 4 is 5.91 Å². The van der Waals surface area contributed by atoms with Crippen LogP contribution in [0.2, 0.25) is 0 Å². The minimum absolute atomic E-state index is 0.0513. The van der Waals surface area contributed by atoms with E-state index in [9.17, 15) is 4.79 Å². The van der Waals surface area contributed by atoms with Crippen molar-refractivity contribution in [1.29, 1.82) is 5.26 Å². The van der Waals surface area contributed by atoms with Gasteiger partial charge in [-0.25, -0.2) is 0 Å². The zero-order valence-electron chi connectivity index (χ0n) is 13.4. The van der Waals surface area contributed by atoms with Crippen molar-refractivity contribution in [3.05, 3.63) is 35.4 Å². The maximum absolute atomic E-state index is 11.8. The Morgan fingerprint density at radius 2 is 1.90 bits per heavy atom. The Labute approximate surface area is 127 Å². The Balaban J connectivity index is 2.33. The minimum Gasteiger partial charge on any atom is -0.355 e. The maximum atomic E-state index is 11.8. The molecule has 0 aliphatic carbocycles. The van der Waals surface area contributed by atoms with Gasteiger partial charge in [-0.3, -0.25) is 9.69 Å². The summed E-state index contributed by atoms with van der Waals surface area (Å²) in [7, 11) is 1.92. The van der Waals surface area contributed by atoms with Gasteiger partial charge in [0.25, 0.3) is 0 Å². The zero-order valence-corrected chi connectivity index (χ0v) is 13.4. The summed E-state index contributed by atoms with van der Waals surface area (Å²) >= 11 is 0. The molecular formula is C17H25N3O. The molecule has 114 valence electrons. The van der Waals surface area contributed by atoms with E-state index in [1.807, 2.05) is 24.1 Å². The molecule has 1 aromatic rings. The second-order valence-electron chi connectivity index (χ2n) is 6.64. The number of amides is 1. The van der Waals surface area contributed by atoms with Crippen LogP contribution in [0.3, 0.4) is 0 Å². The van der Waals surface area contributed by atoms with E-state index >= 15 is 0 Å². The average Bonchev–Trinajstić information content (AvgIpc) is 2.37. The van der Waals surface area contributed by atoms with Gasteiger partial charge in [0, 0.05) is 13.1 Å². The summed E-state index contributed by atoms with van der Waals surface area (Å²) in [5.41, 5.74) is 1.99. The predicted molar refractivity (Wildman–Crippen MR) is 84.6 cm³/mol. The van der Waals surface area contributed by atoms with Crippen molar-refractivity contribution in [2.24, 2.45) is 5.41 Å². The van der Waals surface area contributed by atoms with Crippen molar-refractivity contribution in [3.8, 4) is 6.07 Å². The molecule has 0 saturated carbocycles. The first kappa shape index (κ1) is 17.2. The molecule has 0 atom stereocenters. The van der Waals surface area contributed by atoms with Gasteiger partial charge < -0.3 is 5.32 Å². The summed E-state index contributed by atoms with van der Waals surface area (Å²) < 4.78 is 0. The molecule has 1 rings (SSSR count). The van der Waals surface area contributed by atoms with E-state index in [0.717, 1.165) is 12.0 Å². The van der Waals surface area contributed by atoms with Crippen molar-refractivity contribution < 1.29 is 4.79 Å². The van der Waals surface area contributed by atoms with Crippen LogP contribution in [0, 0.1) is 16.7 Å². The van der Waals surface area contributed by atoms with Crippen LogP contribution < -0.4 is 5.32 Å². The first-order chi connectivity index (χ1) is 9.80. The number of rotatable bonds is 6. The second-order valence-corrected chi connectivity index (χ2v) is 6.64. The molecule has 0 heterocycles. The zero-order chi connectivity index (χ0) is 15.9. The molecule has 1 aromatic carbocycles. The van der Waals surface area contributed by atoms with Gasteiger partial charge in [-0.05, 0) is 36.6 Å². The van der Waals surface area contributed by atoms with Gasteiger partial charge in [-0.1, -0.05) is 32.9 Å². The van der Waals surface area contributed by atoms with Gasteiger partial charge >= 0.3 is 0 Å². The maximum Gasteiger partial charge on any atom is 0.234 e. The van der Waals surface area contributed by atoms with Gasteiger partial charge in [0.05, 0.1) is 18.2 Å². The van der Waals surface area contributed by atoms with E-state index < -0.39 is 0 Å². The van der Waals surface area contributed by atoms with Crippen LogP contribution >= 0.6 is 0 Å². The third kappa shape index (κ3) is 7.48. The van der Waals surface area contributed by atoms with Crippen LogP contribution in [-0.4, -0.2) is 30.9 Å². The molecule has 4 nitrogen and oxygen atoms in total. The monoisotopic (exact) mass is 287 g/mol. The van der Waals surface area contributed by atoms with E-state index in [0.29, 0.717) is 25.2 Å². The summed E-state index contributed by atoms with van der Waals surface area (Å²) in [6.45, 7) is 8.28. The third-order valence-corrected chi connectivity index (χ3v) is 3.15. The second kappa shape index (κ2) is 7.80. The number of hydrogen-bond acceptors (Lipinski definition) is 3. The number of nitrogens with zero attached hydrogens (tertiary/aromatic N) is 2. The van der Waals surface area contributed by atoms with Gasteiger partial charge in [-0.2, -0.15) is 5.26 Å². The number of likely N-dealkylation sites (N-methyl/N-ethyl adjacent to an activating group) is 1. The summed E-state index contributed by atoms with van der Waals surface area (Å²) in [6.07, 6.45) is 0.970. The fraction of sp³-hybridized carbons (Fsp3) is 0.529. The van der Waals surface area contributed by atoms with E-state index in [4.69, 9.17) is 5.26 Å². The van der Waals surface area contributed by atoms with E-state index in [1.54, 1.807) is 12.1 Å². The largest absolute Gasteiger partial charge is 0.355 e. The summed E-state index contributed by atoms with van der Waals surface area (Å²) in [5, 5.41) is 11.7. The Morgan fingerprint density at radius 3 is 2.43 bits per heavy atom. The van der Waals surface area contributed by atoms with Crippen LogP contribution in [0.15, 0.2) is 24.3 Å². The lowest BCUT2D eigenvalue weighted by Crippen LogP contribution is -2.36. The van der Waals surface area contributed by atoms with Gasteiger partial charge in [-0.15, -0.1) is 0 Å². The highest BCUT2D eigenvalue weighted by Gasteiger charge is 2.11. The highest BCUT2D eigenvalue weighted by atomic mass is 16.2. The lowest BCUT2D eigenvalue weighted by molar-refractivity contribution is -0.122. The Bertz CT molecular complexity index is 494. The van der Waals surface area contributed by atoms with Gasteiger partial charge in [0.15, 0.2) is 0 Å². The SMILES string of the molecule is CN(CC(=O)NCCC(C)(C)C)Cc1ccc(C#N)cc1. The number of carbonyl (C=O) groups excluding carboxylic acids is 1. The van der Waals surface area contributed by atoms with Crippen LogP contribution in [0.5, 0.6) is 0 Å². The number of benzene rings is 1. The number of hydrogen-bond donors (Lipinski definition) is 1. The summed E-state index contributed by atoms with van der Waals surface area (Å²) in [4.78, 5) is 13.8. The van der Waals surface area contributed by atoms with Gasteiger partial charge in [0.1, 0.15) is 0 Å². The fourth-order valence-corrected chi connectivity index (χ4v) is 1.93. The van der Waals surface area contributed by atoms with E-state index in [2.05, 4.69) is 32.2 Å². The predicted octanol–water partition coefficient (Wildman–Crippen LogP) is 2.54. The quantitative estimate of drug-likeness (QED) is 0.874. The molecule has 0 fully saturated rings. The minimum atomic E-state index is 0.0513. The lowest BCUT2D eigenvalue weighted by Gasteiger charge is -2.20. The normalized spacial score (nSPS) is 11.2.